The van der Waals surface area contributed by atoms with Crippen molar-refractivity contribution in [2.45, 2.75) is 13.5 Å². The lowest BCUT2D eigenvalue weighted by molar-refractivity contribution is 0.0946. The number of Topliss-reactive ketones (excluding diaryl/α,β-unsaturated/α-hetero) is 1. The van der Waals surface area contributed by atoms with Gasteiger partial charge in [0.2, 0.25) is 6.79 Å². The highest BCUT2D eigenvalue weighted by Crippen LogP contribution is 2.32. The van der Waals surface area contributed by atoms with Crippen LogP contribution in [0, 0.1) is 0 Å². The number of fused-ring (bicyclic) bond motifs is 1. The molecule has 0 atom stereocenters. The number of aromatic nitrogens is 1. The Hall–Kier alpha value is -2.76. The largest absolute Gasteiger partial charge is 0.454 e. The number of carbonyl (C=O) groups excluding carboxylic acids is 2. The van der Waals surface area contributed by atoms with Gasteiger partial charge in [0.15, 0.2) is 17.3 Å². The summed E-state index contributed by atoms with van der Waals surface area (Å²) in [4.78, 5) is 25.9. The zero-order valence-electron chi connectivity index (χ0n) is 11.4. The van der Waals surface area contributed by atoms with Crippen molar-refractivity contribution in [3.05, 3.63) is 47.3 Å². The third-order valence-corrected chi connectivity index (χ3v) is 3.20. The smallest absolute Gasteiger partial charge is 0.267 e. The minimum absolute atomic E-state index is 0.107. The molecular weight excluding hydrogens is 272 g/mol. The van der Waals surface area contributed by atoms with E-state index in [1.807, 2.05) is 18.2 Å². The monoisotopic (exact) mass is 286 g/mol. The van der Waals surface area contributed by atoms with Crippen LogP contribution >= 0.6 is 0 Å². The first-order valence-electron chi connectivity index (χ1n) is 6.50. The lowest BCUT2D eigenvalue weighted by Crippen LogP contribution is -2.23. The van der Waals surface area contributed by atoms with E-state index in [4.69, 9.17) is 9.47 Å². The van der Waals surface area contributed by atoms with E-state index >= 15 is 0 Å². The summed E-state index contributed by atoms with van der Waals surface area (Å²) in [6.07, 6.45) is 0. The van der Waals surface area contributed by atoms with Gasteiger partial charge in [-0.05, 0) is 29.8 Å². The van der Waals surface area contributed by atoms with Crippen LogP contribution in [0.1, 0.15) is 33.5 Å². The number of hydrogen-bond donors (Lipinski definition) is 2. The van der Waals surface area contributed by atoms with Crippen LogP contribution in [0.5, 0.6) is 11.5 Å². The maximum absolute atomic E-state index is 12.0. The summed E-state index contributed by atoms with van der Waals surface area (Å²) < 4.78 is 10.5. The number of ether oxygens (including phenoxy) is 2. The van der Waals surface area contributed by atoms with Gasteiger partial charge in [-0.25, -0.2) is 0 Å². The van der Waals surface area contributed by atoms with E-state index in [0.717, 1.165) is 5.56 Å². The molecule has 1 aromatic carbocycles. The Labute approximate surface area is 121 Å². The molecule has 0 fully saturated rings. The molecule has 2 N–H and O–H groups in total. The van der Waals surface area contributed by atoms with E-state index in [1.54, 1.807) is 12.1 Å². The van der Waals surface area contributed by atoms with Gasteiger partial charge < -0.3 is 19.8 Å². The van der Waals surface area contributed by atoms with Crippen molar-refractivity contribution in [3.8, 4) is 11.5 Å². The summed E-state index contributed by atoms with van der Waals surface area (Å²) in [6.45, 7) is 2.03. The van der Waals surface area contributed by atoms with Gasteiger partial charge in [-0.15, -0.1) is 0 Å². The predicted octanol–water partition coefficient (Wildman–Crippen LogP) is 1.88. The Morgan fingerprint density at radius 3 is 2.67 bits per heavy atom. The van der Waals surface area contributed by atoms with Crippen LogP contribution in [0.3, 0.4) is 0 Å². The number of benzene rings is 1. The first-order valence-corrected chi connectivity index (χ1v) is 6.50. The first-order chi connectivity index (χ1) is 10.1. The Balaban J connectivity index is 1.64. The highest BCUT2D eigenvalue weighted by molar-refractivity contribution is 5.97. The summed E-state index contributed by atoms with van der Waals surface area (Å²) in [5.74, 6) is 1.02. The summed E-state index contributed by atoms with van der Waals surface area (Å²) in [5.41, 5.74) is 1.69. The van der Waals surface area contributed by atoms with Gasteiger partial charge in [-0.2, -0.15) is 0 Å². The van der Waals surface area contributed by atoms with Crippen molar-refractivity contribution in [1.29, 1.82) is 0 Å². The maximum atomic E-state index is 12.0. The number of nitrogens with one attached hydrogen (secondary N) is 2. The second kappa shape index (κ2) is 5.32. The van der Waals surface area contributed by atoms with Gasteiger partial charge >= 0.3 is 0 Å². The van der Waals surface area contributed by atoms with Gasteiger partial charge in [0.1, 0.15) is 5.69 Å². The molecule has 0 bridgehead atoms. The maximum Gasteiger partial charge on any atom is 0.267 e. The SMILES string of the molecule is CC(=O)c1ccc(C(=O)NCc2ccc3c(c2)OCO3)[nH]1. The van der Waals surface area contributed by atoms with Crippen molar-refractivity contribution < 1.29 is 19.1 Å². The molecule has 1 amide bonds. The van der Waals surface area contributed by atoms with Gasteiger partial charge in [-0.3, -0.25) is 9.59 Å². The van der Waals surface area contributed by atoms with Crippen molar-refractivity contribution in [1.82, 2.24) is 10.3 Å². The lowest BCUT2D eigenvalue weighted by Gasteiger charge is -2.05. The van der Waals surface area contributed by atoms with E-state index in [2.05, 4.69) is 10.3 Å². The fourth-order valence-electron chi connectivity index (χ4n) is 2.06. The number of H-pyrrole nitrogens is 1. The fraction of sp³-hybridized carbons (Fsp3) is 0.200. The van der Waals surface area contributed by atoms with E-state index < -0.39 is 0 Å². The number of ketones is 1. The quantitative estimate of drug-likeness (QED) is 0.841. The van der Waals surface area contributed by atoms with E-state index in [1.165, 1.54) is 6.92 Å². The summed E-state index contributed by atoms with van der Waals surface area (Å²) in [6, 6.07) is 8.69. The van der Waals surface area contributed by atoms with Gasteiger partial charge in [0.25, 0.3) is 5.91 Å². The number of carbonyl (C=O) groups is 2. The second-order valence-corrected chi connectivity index (χ2v) is 4.71. The number of rotatable bonds is 4. The Kier molecular flexibility index (Phi) is 3.35. The van der Waals surface area contributed by atoms with Crippen LogP contribution in [0.25, 0.3) is 0 Å². The molecule has 3 rings (SSSR count). The van der Waals surface area contributed by atoms with Gasteiger partial charge in [0, 0.05) is 13.5 Å². The standard InChI is InChI=1S/C15H14N2O4/c1-9(18)11-3-4-12(17-11)15(19)16-7-10-2-5-13-14(6-10)21-8-20-13/h2-6,17H,7-8H2,1H3,(H,16,19). The van der Waals surface area contributed by atoms with Crippen LogP contribution < -0.4 is 14.8 Å². The molecule has 2 heterocycles. The Morgan fingerprint density at radius 1 is 1.14 bits per heavy atom. The minimum Gasteiger partial charge on any atom is -0.454 e. The molecule has 108 valence electrons. The van der Waals surface area contributed by atoms with Crippen LogP contribution in [-0.4, -0.2) is 23.5 Å². The Bertz CT molecular complexity index is 705. The highest BCUT2D eigenvalue weighted by Gasteiger charge is 2.14. The summed E-state index contributed by atoms with van der Waals surface area (Å²) in [7, 11) is 0. The molecule has 6 heteroatoms. The number of hydrogen-bond acceptors (Lipinski definition) is 4. The minimum atomic E-state index is -0.264. The lowest BCUT2D eigenvalue weighted by atomic mass is 10.2. The van der Waals surface area contributed by atoms with E-state index in [9.17, 15) is 9.59 Å². The molecule has 0 radical (unpaired) electrons. The van der Waals surface area contributed by atoms with Crippen LogP contribution in [0.15, 0.2) is 30.3 Å². The van der Waals surface area contributed by atoms with Crippen molar-refractivity contribution in [2.24, 2.45) is 0 Å². The number of aromatic amines is 1. The third-order valence-electron chi connectivity index (χ3n) is 3.20. The molecule has 2 aromatic rings. The molecule has 1 aliphatic rings. The van der Waals surface area contributed by atoms with Crippen molar-refractivity contribution in [2.75, 3.05) is 6.79 Å². The van der Waals surface area contributed by atoms with E-state index in [0.29, 0.717) is 29.4 Å². The molecule has 21 heavy (non-hydrogen) atoms. The Morgan fingerprint density at radius 2 is 1.90 bits per heavy atom. The molecule has 0 unspecified atom stereocenters. The van der Waals surface area contributed by atoms with Gasteiger partial charge in [0.05, 0.1) is 5.69 Å². The molecule has 0 spiro atoms. The van der Waals surface area contributed by atoms with Crippen LogP contribution in [0.4, 0.5) is 0 Å². The average Bonchev–Trinajstić information content (AvgIpc) is 3.12. The van der Waals surface area contributed by atoms with Crippen LogP contribution in [-0.2, 0) is 6.54 Å². The van der Waals surface area contributed by atoms with Crippen LogP contribution in [0.2, 0.25) is 0 Å². The van der Waals surface area contributed by atoms with Crippen molar-refractivity contribution in [3.63, 3.8) is 0 Å². The molecule has 0 aliphatic carbocycles. The predicted molar refractivity (Wildman–Crippen MR) is 74.5 cm³/mol. The zero-order chi connectivity index (χ0) is 14.8. The first kappa shape index (κ1) is 13.2. The average molecular weight is 286 g/mol. The molecule has 0 saturated carbocycles. The summed E-state index contributed by atoms with van der Waals surface area (Å²) in [5, 5.41) is 2.78. The highest BCUT2D eigenvalue weighted by atomic mass is 16.7. The fourth-order valence-corrected chi connectivity index (χ4v) is 2.06. The molecule has 6 nitrogen and oxygen atoms in total. The number of amides is 1. The molecule has 1 aliphatic heterocycles. The normalized spacial score (nSPS) is 12.2. The third kappa shape index (κ3) is 2.74. The second-order valence-electron chi connectivity index (χ2n) is 4.71. The topological polar surface area (TPSA) is 80.4 Å². The van der Waals surface area contributed by atoms with Gasteiger partial charge in [-0.1, -0.05) is 6.07 Å². The molecule has 0 saturated heterocycles. The molecular formula is C15H14N2O4. The van der Waals surface area contributed by atoms with Crippen molar-refractivity contribution >= 4 is 11.7 Å². The molecule has 1 aromatic heterocycles. The van der Waals surface area contributed by atoms with E-state index in [-0.39, 0.29) is 18.5 Å². The zero-order valence-corrected chi connectivity index (χ0v) is 11.4. The summed E-state index contributed by atoms with van der Waals surface area (Å²) >= 11 is 0.